The number of rotatable bonds is 6. The van der Waals surface area contributed by atoms with Crippen LogP contribution >= 0.6 is 27.3 Å². The van der Waals surface area contributed by atoms with Gasteiger partial charge in [0.2, 0.25) is 0 Å². The van der Waals surface area contributed by atoms with Crippen LogP contribution in [0.2, 0.25) is 0 Å². The third-order valence-corrected chi connectivity index (χ3v) is 4.90. The largest absolute Gasteiger partial charge is 0.326 e. The van der Waals surface area contributed by atoms with E-state index in [0.717, 1.165) is 25.5 Å². The van der Waals surface area contributed by atoms with Crippen molar-refractivity contribution in [1.82, 2.24) is 14.9 Å². The van der Waals surface area contributed by atoms with Crippen molar-refractivity contribution in [1.29, 1.82) is 0 Å². The van der Waals surface area contributed by atoms with E-state index >= 15 is 0 Å². The third kappa shape index (κ3) is 3.91. The Morgan fingerprint density at radius 1 is 1.47 bits per heavy atom. The molecule has 0 spiro atoms. The molecule has 0 radical (unpaired) electrons. The van der Waals surface area contributed by atoms with Gasteiger partial charge in [-0.15, -0.1) is 11.3 Å². The molecule has 0 aromatic carbocycles. The molecule has 2 rings (SSSR count). The quantitative estimate of drug-likeness (QED) is 0.865. The number of nitrogens with zero attached hydrogens (tertiary/aromatic N) is 2. The van der Waals surface area contributed by atoms with Gasteiger partial charge in [-0.1, -0.05) is 13.8 Å². The zero-order chi connectivity index (χ0) is 13.8. The fourth-order valence-electron chi connectivity index (χ4n) is 1.94. The second-order valence-corrected chi connectivity index (χ2v) is 6.95. The van der Waals surface area contributed by atoms with E-state index < -0.39 is 0 Å². The van der Waals surface area contributed by atoms with Crippen LogP contribution in [0, 0.1) is 12.8 Å². The molecule has 0 fully saturated rings. The number of aromatic nitrogens is 2. The maximum Gasteiger partial charge on any atom is 0.106 e. The van der Waals surface area contributed by atoms with Crippen LogP contribution in [0.25, 0.3) is 0 Å². The lowest BCUT2D eigenvalue weighted by atomic mass is 10.2. The first-order valence-electron chi connectivity index (χ1n) is 6.51. The highest BCUT2D eigenvalue weighted by Crippen LogP contribution is 2.24. The molecular weight excluding hydrogens is 322 g/mol. The van der Waals surface area contributed by atoms with Crippen molar-refractivity contribution in [2.24, 2.45) is 5.92 Å². The summed E-state index contributed by atoms with van der Waals surface area (Å²) >= 11 is 5.37. The van der Waals surface area contributed by atoms with Crippen LogP contribution in [0.3, 0.4) is 0 Å². The number of hydrogen-bond donors (Lipinski definition) is 1. The van der Waals surface area contributed by atoms with Gasteiger partial charge in [0.05, 0.1) is 12.2 Å². The summed E-state index contributed by atoms with van der Waals surface area (Å²) in [5.74, 6) is 1.74. The van der Waals surface area contributed by atoms with Crippen molar-refractivity contribution in [3.05, 3.63) is 38.5 Å². The molecule has 2 aromatic rings. The first-order chi connectivity index (χ1) is 9.08. The number of halogens is 1. The maximum atomic E-state index is 4.44. The van der Waals surface area contributed by atoms with Crippen LogP contribution < -0.4 is 5.32 Å². The van der Waals surface area contributed by atoms with Crippen LogP contribution in [0.15, 0.2) is 22.1 Å². The summed E-state index contributed by atoms with van der Waals surface area (Å²) in [6.07, 6.45) is 1.98. The van der Waals surface area contributed by atoms with Gasteiger partial charge < -0.3 is 9.88 Å². The molecule has 19 heavy (non-hydrogen) atoms. The Labute approximate surface area is 127 Å². The number of imidazole rings is 1. The molecular formula is C14H20BrN3S. The van der Waals surface area contributed by atoms with Gasteiger partial charge in [-0.05, 0) is 46.8 Å². The van der Waals surface area contributed by atoms with E-state index in [1.165, 1.54) is 15.0 Å². The van der Waals surface area contributed by atoms with Crippen LogP contribution in [0.4, 0.5) is 0 Å². The molecule has 0 bridgehead atoms. The number of thiophene rings is 1. The monoisotopic (exact) mass is 341 g/mol. The van der Waals surface area contributed by atoms with Crippen molar-refractivity contribution in [2.45, 2.75) is 33.9 Å². The van der Waals surface area contributed by atoms with Crippen molar-refractivity contribution < 1.29 is 0 Å². The van der Waals surface area contributed by atoms with E-state index in [0.29, 0.717) is 5.92 Å². The van der Waals surface area contributed by atoms with Crippen LogP contribution in [0.1, 0.15) is 30.2 Å². The summed E-state index contributed by atoms with van der Waals surface area (Å²) in [5.41, 5.74) is 1.25. The Kier molecular flexibility index (Phi) is 5.19. The normalized spacial score (nSPS) is 11.4. The van der Waals surface area contributed by atoms with Gasteiger partial charge in [-0.25, -0.2) is 4.98 Å². The first-order valence-corrected chi connectivity index (χ1v) is 8.18. The van der Waals surface area contributed by atoms with Gasteiger partial charge in [0.1, 0.15) is 5.82 Å². The minimum atomic E-state index is 0.670. The Morgan fingerprint density at radius 2 is 2.26 bits per heavy atom. The molecule has 0 amide bonds. The summed E-state index contributed by atoms with van der Waals surface area (Å²) in [7, 11) is 0. The minimum absolute atomic E-state index is 0.670. The summed E-state index contributed by atoms with van der Waals surface area (Å²) in [5, 5.41) is 5.59. The smallest absolute Gasteiger partial charge is 0.106 e. The third-order valence-electron chi connectivity index (χ3n) is 2.99. The lowest BCUT2D eigenvalue weighted by molar-refractivity contribution is 0.538. The molecule has 5 heteroatoms. The Balaban J connectivity index is 2.07. The highest BCUT2D eigenvalue weighted by Gasteiger charge is 2.09. The highest BCUT2D eigenvalue weighted by molar-refractivity contribution is 9.10. The Hall–Kier alpha value is -0.650. The highest BCUT2D eigenvalue weighted by atomic mass is 79.9. The van der Waals surface area contributed by atoms with Crippen molar-refractivity contribution in [3.63, 3.8) is 0 Å². The van der Waals surface area contributed by atoms with Gasteiger partial charge >= 0.3 is 0 Å². The van der Waals surface area contributed by atoms with E-state index in [-0.39, 0.29) is 0 Å². The molecule has 0 aliphatic rings. The van der Waals surface area contributed by atoms with E-state index in [4.69, 9.17) is 0 Å². The van der Waals surface area contributed by atoms with Gasteiger partial charge in [0.15, 0.2) is 0 Å². The molecule has 3 nitrogen and oxygen atoms in total. The van der Waals surface area contributed by atoms with Crippen molar-refractivity contribution in [2.75, 3.05) is 6.54 Å². The molecule has 0 saturated carbocycles. The van der Waals surface area contributed by atoms with E-state index in [9.17, 15) is 0 Å². The van der Waals surface area contributed by atoms with Crippen LogP contribution in [-0.2, 0) is 13.1 Å². The second kappa shape index (κ2) is 6.68. The second-order valence-electron chi connectivity index (χ2n) is 5.10. The molecule has 0 aliphatic carbocycles. The van der Waals surface area contributed by atoms with Crippen LogP contribution in [0.5, 0.6) is 0 Å². The number of hydrogen-bond acceptors (Lipinski definition) is 3. The standard InChI is InChI=1S/C14H20BrN3S/c1-10(2)6-16-7-12-8-17-11(3)18(12)9-14-13(15)4-5-19-14/h4-5,8,10,16H,6-7,9H2,1-3H3. The van der Waals surface area contributed by atoms with E-state index in [1.807, 2.05) is 6.20 Å². The molecule has 2 heterocycles. The summed E-state index contributed by atoms with van der Waals surface area (Å²) < 4.78 is 3.47. The summed E-state index contributed by atoms with van der Waals surface area (Å²) in [6.45, 7) is 9.31. The van der Waals surface area contributed by atoms with Gasteiger partial charge in [-0.3, -0.25) is 0 Å². The predicted molar refractivity (Wildman–Crippen MR) is 84.6 cm³/mol. The average Bonchev–Trinajstić information content (AvgIpc) is 2.89. The Morgan fingerprint density at radius 3 is 2.89 bits per heavy atom. The molecule has 0 aliphatic heterocycles. The van der Waals surface area contributed by atoms with E-state index in [2.05, 4.69) is 63.0 Å². The zero-order valence-corrected chi connectivity index (χ0v) is 14.0. The number of nitrogens with one attached hydrogen (secondary N) is 1. The Bertz CT molecular complexity index is 531. The first kappa shape index (κ1) is 14.8. The molecule has 0 unspecified atom stereocenters. The van der Waals surface area contributed by atoms with Gasteiger partial charge in [-0.2, -0.15) is 0 Å². The molecule has 1 N–H and O–H groups in total. The van der Waals surface area contributed by atoms with Crippen molar-refractivity contribution >= 4 is 27.3 Å². The molecule has 104 valence electrons. The predicted octanol–water partition coefficient (Wildman–Crippen LogP) is 3.81. The van der Waals surface area contributed by atoms with Gasteiger partial charge in [0, 0.05) is 22.1 Å². The lowest BCUT2D eigenvalue weighted by Gasteiger charge is -2.11. The fourth-order valence-corrected chi connectivity index (χ4v) is 3.41. The lowest BCUT2D eigenvalue weighted by Crippen LogP contribution is -2.21. The fraction of sp³-hybridized carbons (Fsp3) is 0.500. The van der Waals surface area contributed by atoms with Gasteiger partial charge in [0.25, 0.3) is 0 Å². The molecule has 0 saturated heterocycles. The SMILES string of the molecule is Cc1ncc(CNCC(C)C)n1Cc1sccc1Br. The molecule has 0 atom stereocenters. The molecule has 2 aromatic heterocycles. The maximum absolute atomic E-state index is 4.44. The van der Waals surface area contributed by atoms with Crippen molar-refractivity contribution in [3.8, 4) is 0 Å². The average molecular weight is 342 g/mol. The minimum Gasteiger partial charge on any atom is -0.326 e. The summed E-state index contributed by atoms with van der Waals surface area (Å²) in [6, 6.07) is 2.10. The summed E-state index contributed by atoms with van der Waals surface area (Å²) in [4.78, 5) is 5.78. The van der Waals surface area contributed by atoms with E-state index in [1.54, 1.807) is 11.3 Å². The number of aryl methyl sites for hydroxylation is 1. The van der Waals surface area contributed by atoms with Crippen LogP contribution in [-0.4, -0.2) is 16.1 Å². The topological polar surface area (TPSA) is 29.9 Å². The zero-order valence-electron chi connectivity index (χ0n) is 11.6.